The molecule has 0 aliphatic carbocycles. The minimum absolute atomic E-state index is 0.0979. The molecule has 1 aromatic heterocycles. The number of aldehydes is 1. The van der Waals surface area contributed by atoms with Crippen LogP contribution in [0.2, 0.25) is 0 Å². The minimum atomic E-state index is -0.304. The highest BCUT2D eigenvalue weighted by molar-refractivity contribution is 5.97. The van der Waals surface area contributed by atoms with Crippen molar-refractivity contribution < 1.29 is 18.7 Å². The fourth-order valence-corrected chi connectivity index (χ4v) is 5.33. The summed E-state index contributed by atoms with van der Waals surface area (Å²) in [4.78, 5) is 24.1. The number of rotatable bonds is 11. The Morgan fingerprint density at radius 1 is 1.00 bits per heavy atom. The highest BCUT2D eigenvalue weighted by Gasteiger charge is 2.27. The summed E-state index contributed by atoms with van der Waals surface area (Å²) in [7, 11) is 1.50. The number of hydrogen-bond donors (Lipinski definition) is 1. The second-order valence-electron chi connectivity index (χ2n) is 10.6. The van der Waals surface area contributed by atoms with Gasteiger partial charge in [0.1, 0.15) is 11.9 Å². The number of nitrogens with two attached hydrogens (primary N) is 1. The number of carbonyl (C=O) groups is 2. The summed E-state index contributed by atoms with van der Waals surface area (Å²) in [5, 5.41) is 0. The van der Waals surface area contributed by atoms with E-state index in [4.69, 9.17) is 4.74 Å². The van der Waals surface area contributed by atoms with Crippen LogP contribution >= 0.6 is 0 Å². The lowest BCUT2D eigenvalue weighted by molar-refractivity contribution is -0.154. The summed E-state index contributed by atoms with van der Waals surface area (Å²) in [5.41, 5.74) is 9.65. The fraction of sp³-hybridized carbons (Fsp3) is 0.405. The van der Waals surface area contributed by atoms with E-state index in [1.807, 2.05) is 30.3 Å². The zero-order valence-corrected chi connectivity index (χ0v) is 26.5. The highest BCUT2D eigenvalue weighted by atomic mass is 19.1. The second-order valence-corrected chi connectivity index (χ2v) is 10.6. The van der Waals surface area contributed by atoms with Gasteiger partial charge in [0, 0.05) is 36.2 Å². The zero-order valence-electron chi connectivity index (χ0n) is 26.5. The van der Waals surface area contributed by atoms with Crippen LogP contribution in [0.15, 0.2) is 78.9 Å². The number of esters is 1. The lowest BCUT2D eigenvalue weighted by Gasteiger charge is -2.24. The molecule has 43 heavy (non-hydrogen) atoms. The third-order valence-corrected chi connectivity index (χ3v) is 7.21. The maximum atomic E-state index is 13.7. The maximum Gasteiger partial charge on any atom is 0.306 e. The minimum Gasteiger partial charge on any atom is -0.462 e. The van der Waals surface area contributed by atoms with Crippen LogP contribution in [-0.4, -0.2) is 30.0 Å². The van der Waals surface area contributed by atoms with Gasteiger partial charge in [0.25, 0.3) is 0 Å². The van der Waals surface area contributed by atoms with Gasteiger partial charge in [-0.1, -0.05) is 75.4 Å². The van der Waals surface area contributed by atoms with Crippen molar-refractivity contribution in [2.75, 3.05) is 7.05 Å². The number of ether oxygens (including phenoxy) is 1. The summed E-state index contributed by atoms with van der Waals surface area (Å²) < 4.78 is 21.4. The number of nitrogens with zero attached hydrogens (tertiary/aromatic N) is 1. The Labute approximate surface area is 257 Å². The van der Waals surface area contributed by atoms with Crippen LogP contribution in [0.1, 0.15) is 94.6 Å². The van der Waals surface area contributed by atoms with Crippen molar-refractivity contribution in [3.63, 3.8) is 0 Å². The average molecular weight is 589 g/mol. The van der Waals surface area contributed by atoms with Crippen LogP contribution in [0.25, 0.3) is 22.4 Å². The van der Waals surface area contributed by atoms with Gasteiger partial charge in [-0.3, -0.25) is 9.59 Å². The van der Waals surface area contributed by atoms with E-state index in [0.717, 1.165) is 53.6 Å². The molecule has 1 fully saturated rings. The van der Waals surface area contributed by atoms with Crippen molar-refractivity contribution in [2.45, 2.75) is 91.2 Å². The van der Waals surface area contributed by atoms with Crippen LogP contribution in [0.5, 0.6) is 0 Å². The molecule has 3 aromatic rings. The fourth-order valence-electron chi connectivity index (χ4n) is 5.33. The van der Waals surface area contributed by atoms with E-state index in [1.165, 1.54) is 32.0 Å². The predicted octanol–water partition coefficient (Wildman–Crippen LogP) is 9.27. The molecule has 2 N–H and O–H groups in total. The van der Waals surface area contributed by atoms with Gasteiger partial charge in [0.15, 0.2) is 6.29 Å². The summed E-state index contributed by atoms with van der Waals surface area (Å²) in [6.45, 7) is 8.97. The first-order chi connectivity index (χ1) is 20.9. The number of unbranched alkanes of at least 4 members (excludes halogenated alkanes) is 1. The van der Waals surface area contributed by atoms with Crippen molar-refractivity contribution in [2.24, 2.45) is 5.73 Å². The van der Waals surface area contributed by atoms with E-state index in [2.05, 4.69) is 62.3 Å². The molecule has 0 unspecified atom stereocenters. The summed E-state index contributed by atoms with van der Waals surface area (Å²) in [6.07, 6.45) is 15.9. The Balaban J connectivity index is 0.000000505. The number of aromatic nitrogens is 1. The topological polar surface area (TPSA) is 74.3 Å². The molecule has 0 saturated carbocycles. The Kier molecular flexibility index (Phi) is 16.0. The van der Waals surface area contributed by atoms with Crippen molar-refractivity contribution in [3.8, 4) is 22.4 Å². The largest absolute Gasteiger partial charge is 0.462 e. The van der Waals surface area contributed by atoms with Crippen LogP contribution < -0.4 is 5.73 Å². The molecule has 6 heteroatoms. The SMILES string of the molecule is C/C=C\CC/C=C\CC.CC(C)c1c(C=O)c(-c2ccccc2)c(-c2ccc(F)cc2)n1CC[C@@H]1CCCC(=O)O1.CN. The van der Waals surface area contributed by atoms with Crippen LogP contribution in [0.4, 0.5) is 4.39 Å². The molecule has 2 aromatic carbocycles. The maximum absolute atomic E-state index is 13.7. The van der Waals surface area contributed by atoms with Gasteiger partial charge in [0.2, 0.25) is 0 Å². The monoisotopic (exact) mass is 588 g/mol. The molecular weight excluding hydrogens is 539 g/mol. The van der Waals surface area contributed by atoms with E-state index in [-0.39, 0.29) is 23.8 Å². The van der Waals surface area contributed by atoms with E-state index in [1.54, 1.807) is 12.1 Å². The number of carbonyl (C=O) groups excluding carboxylic acids is 2. The normalized spacial score (nSPS) is 14.7. The van der Waals surface area contributed by atoms with Gasteiger partial charge in [-0.25, -0.2) is 4.39 Å². The second kappa shape index (κ2) is 19.4. The third kappa shape index (κ3) is 10.5. The number of hydrogen-bond acceptors (Lipinski definition) is 4. The molecule has 0 radical (unpaired) electrons. The zero-order chi connectivity index (χ0) is 31.6. The summed E-state index contributed by atoms with van der Waals surface area (Å²) >= 11 is 0. The molecule has 1 aliphatic heterocycles. The molecule has 232 valence electrons. The summed E-state index contributed by atoms with van der Waals surface area (Å²) in [6, 6.07) is 16.2. The van der Waals surface area contributed by atoms with Gasteiger partial charge >= 0.3 is 5.97 Å². The van der Waals surface area contributed by atoms with Crippen LogP contribution in [0.3, 0.4) is 0 Å². The van der Waals surface area contributed by atoms with Crippen LogP contribution in [0, 0.1) is 5.82 Å². The first-order valence-electron chi connectivity index (χ1n) is 15.5. The molecule has 2 heterocycles. The van der Waals surface area contributed by atoms with Gasteiger partial charge < -0.3 is 15.0 Å². The molecule has 5 nitrogen and oxygen atoms in total. The molecule has 1 saturated heterocycles. The lowest BCUT2D eigenvalue weighted by atomic mass is 9.96. The van der Waals surface area contributed by atoms with E-state index in [9.17, 15) is 14.0 Å². The van der Waals surface area contributed by atoms with E-state index >= 15 is 0 Å². The Hall–Kier alpha value is -3.77. The average Bonchev–Trinajstić information content (AvgIpc) is 3.37. The van der Waals surface area contributed by atoms with Gasteiger partial charge in [-0.15, -0.1) is 0 Å². The van der Waals surface area contributed by atoms with Crippen molar-refractivity contribution in [3.05, 3.63) is 96.0 Å². The van der Waals surface area contributed by atoms with Crippen molar-refractivity contribution in [1.29, 1.82) is 0 Å². The lowest BCUT2D eigenvalue weighted by Crippen LogP contribution is -2.25. The molecule has 0 amide bonds. The molecule has 1 atom stereocenters. The standard InChI is InChI=1S/C27H28FNO3.C9H16.CH5N/c1-18(2)26-23(17-30)25(19-7-4-3-5-8-19)27(20-11-13-21(28)14-12-20)29(26)16-15-22-9-6-10-24(31)32-22;1-3-5-7-9-8-6-4-2;1-2/h3-5,7-8,11-14,17-18,22H,6,9-10,15-16H2,1-2H3;3,5-6,8H,4,7,9H2,1-2H3;2H2,1H3/b;5-3-,8-6-;/t22-;;/m0../s1. The smallest absolute Gasteiger partial charge is 0.306 e. The van der Waals surface area contributed by atoms with Gasteiger partial charge in [-0.05, 0) is 87.4 Å². The highest BCUT2D eigenvalue weighted by Crippen LogP contribution is 2.41. The predicted molar refractivity (Wildman–Crippen MR) is 177 cm³/mol. The summed E-state index contributed by atoms with van der Waals surface area (Å²) in [5.74, 6) is -0.349. The van der Waals surface area contributed by atoms with E-state index in [0.29, 0.717) is 24.9 Å². The third-order valence-electron chi connectivity index (χ3n) is 7.21. The Bertz CT molecular complexity index is 1310. The first kappa shape index (κ1) is 35.4. The van der Waals surface area contributed by atoms with E-state index < -0.39 is 0 Å². The Morgan fingerprint density at radius 2 is 1.67 bits per heavy atom. The van der Waals surface area contributed by atoms with Gasteiger partial charge in [-0.2, -0.15) is 0 Å². The van der Waals surface area contributed by atoms with Crippen molar-refractivity contribution >= 4 is 12.3 Å². The molecular formula is C37H49FN2O3. The van der Waals surface area contributed by atoms with Gasteiger partial charge in [0.05, 0.1) is 5.69 Å². The number of halogens is 1. The first-order valence-corrected chi connectivity index (χ1v) is 15.5. The molecule has 1 aliphatic rings. The number of cyclic esters (lactones) is 1. The molecule has 0 spiro atoms. The molecule has 4 rings (SSSR count). The quantitative estimate of drug-likeness (QED) is 0.105. The van der Waals surface area contributed by atoms with Crippen molar-refractivity contribution in [1.82, 2.24) is 4.57 Å². The molecule has 0 bridgehead atoms. The Morgan fingerprint density at radius 3 is 2.26 bits per heavy atom. The number of benzene rings is 2. The van der Waals surface area contributed by atoms with Crippen LogP contribution in [-0.2, 0) is 16.1 Å². The number of allylic oxidation sites excluding steroid dienone is 4.